The van der Waals surface area contributed by atoms with Crippen LogP contribution in [0.25, 0.3) is 0 Å². The summed E-state index contributed by atoms with van der Waals surface area (Å²) < 4.78 is 0. The number of anilines is 2. The Morgan fingerprint density at radius 1 is 1.24 bits per heavy atom. The van der Waals surface area contributed by atoms with Crippen LogP contribution >= 0.6 is 0 Å². The molecule has 0 aliphatic carbocycles. The highest BCUT2D eigenvalue weighted by Crippen LogP contribution is 2.22. The van der Waals surface area contributed by atoms with Gasteiger partial charge in [0.2, 0.25) is 0 Å². The van der Waals surface area contributed by atoms with Crippen molar-refractivity contribution in [3.8, 4) is 0 Å². The van der Waals surface area contributed by atoms with Gasteiger partial charge >= 0.3 is 0 Å². The highest BCUT2D eigenvalue weighted by molar-refractivity contribution is 5.62. The van der Waals surface area contributed by atoms with E-state index in [4.69, 9.17) is 5.73 Å². The molecule has 0 fully saturated rings. The average Bonchev–Trinajstić information content (AvgIpc) is 2.34. The molecule has 0 bridgehead atoms. The van der Waals surface area contributed by atoms with Crippen LogP contribution in [0.15, 0.2) is 12.1 Å². The molecular weight excluding hydrogens is 210 g/mol. The average molecular weight is 235 g/mol. The number of nitrogens with zero attached hydrogens (tertiary/aromatic N) is 2. The van der Waals surface area contributed by atoms with Crippen molar-refractivity contribution in [2.45, 2.75) is 40.5 Å². The first-order chi connectivity index (χ1) is 8.12. The van der Waals surface area contributed by atoms with Gasteiger partial charge in [-0.2, -0.15) is 0 Å². The number of aryl methyl sites for hydroxylation is 1. The van der Waals surface area contributed by atoms with Crippen LogP contribution in [0.4, 0.5) is 11.5 Å². The first kappa shape index (κ1) is 13.8. The topological polar surface area (TPSA) is 42.2 Å². The van der Waals surface area contributed by atoms with Gasteiger partial charge in [-0.1, -0.05) is 26.7 Å². The van der Waals surface area contributed by atoms with Crippen molar-refractivity contribution >= 4 is 11.5 Å². The molecule has 0 atom stereocenters. The van der Waals surface area contributed by atoms with Gasteiger partial charge in [-0.05, 0) is 31.9 Å². The zero-order valence-electron chi connectivity index (χ0n) is 11.5. The van der Waals surface area contributed by atoms with Crippen molar-refractivity contribution < 1.29 is 0 Å². The number of nitrogen functional groups attached to an aromatic ring is 1. The molecule has 0 unspecified atom stereocenters. The van der Waals surface area contributed by atoms with Gasteiger partial charge in [0.1, 0.15) is 0 Å². The van der Waals surface area contributed by atoms with Crippen molar-refractivity contribution in [2.75, 3.05) is 23.7 Å². The van der Waals surface area contributed by atoms with Crippen molar-refractivity contribution in [2.24, 2.45) is 5.92 Å². The van der Waals surface area contributed by atoms with Crippen LogP contribution in [0.2, 0.25) is 0 Å². The Morgan fingerprint density at radius 3 is 2.41 bits per heavy atom. The summed E-state index contributed by atoms with van der Waals surface area (Å²) in [6, 6.07) is 3.91. The van der Waals surface area contributed by atoms with E-state index in [0.717, 1.165) is 36.2 Å². The van der Waals surface area contributed by atoms with Crippen molar-refractivity contribution in [3.05, 3.63) is 17.8 Å². The summed E-state index contributed by atoms with van der Waals surface area (Å²) in [6.07, 6.45) is 2.41. The Hall–Kier alpha value is -1.25. The zero-order chi connectivity index (χ0) is 12.8. The minimum absolute atomic E-state index is 0.719. The molecule has 0 aliphatic heterocycles. The van der Waals surface area contributed by atoms with Crippen LogP contribution < -0.4 is 10.6 Å². The van der Waals surface area contributed by atoms with Gasteiger partial charge in [-0.15, -0.1) is 0 Å². The van der Waals surface area contributed by atoms with Gasteiger partial charge in [0.25, 0.3) is 0 Å². The minimum Gasteiger partial charge on any atom is -0.396 e. The van der Waals surface area contributed by atoms with Crippen molar-refractivity contribution in [1.29, 1.82) is 0 Å². The molecule has 0 spiro atoms. The highest BCUT2D eigenvalue weighted by Gasteiger charge is 2.14. The van der Waals surface area contributed by atoms with Crippen LogP contribution in [0.1, 0.15) is 39.3 Å². The lowest BCUT2D eigenvalue weighted by atomic mass is 10.0. The standard InChI is InChI=1S/C14H25N3/c1-5-12(6-2)10-17(7-3)14-13(15)9-8-11(4)16-14/h8-9,12H,5-7,10,15H2,1-4H3. The number of hydrogen-bond donors (Lipinski definition) is 1. The third kappa shape index (κ3) is 3.62. The molecular formula is C14H25N3. The Kier molecular flexibility index (Phi) is 5.26. The molecule has 17 heavy (non-hydrogen) atoms. The molecule has 1 aromatic heterocycles. The largest absolute Gasteiger partial charge is 0.396 e. The molecule has 0 radical (unpaired) electrons. The van der Waals surface area contributed by atoms with Crippen molar-refractivity contribution in [3.63, 3.8) is 0 Å². The maximum Gasteiger partial charge on any atom is 0.152 e. The highest BCUT2D eigenvalue weighted by atomic mass is 15.2. The fraction of sp³-hybridized carbons (Fsp3) is 0.643. The van der Waals surface area contributed by atoms with Gasteiger partial charge in [0.05, 0.1) is 5.69 Å². The van der Waals surface area contributed by atoms with E-state index in [1.807, 2.05) is 19.1 Å². The Balaban J connectivity index is 2.89. The number of nitrogens with two attached hydrogens (primary N) is 1. The lowest BCUT2D eigenvalue weighted by Gasteiger charge is -2.27. The van der Waals surface area contributed by atoms with Gasteiger partial charge < -0.3 is 10.6 Å². The van der Waals surface area contributed by atoms with Gasteiger partial charge in [0.15, 0.2) is 5.82 Å². The third-order valence-corrected chi connectivity index (χ3v) is 3.36. The zero-order valence-corrected chi connectivity index (χ0v) is 11.5. The van der Waals surface area contributed by atoms with E-state index in [2.05, 4.69) is 30.7 Å². The van der Waals surface area contributed by atoms with E-state index in [9.17, 15) is 0 Å². The summed E-state index contributed by atoms with van der Waals surface area (Å²) in [5, 5.41) is 0. The molecule has 1 heterocycles. The third-order valence-electron chi connectivity index (χ3n) is 3.36. The summed E-state index contributed by atoms with van der Waals surface area (Å²) in [5.74, 6) is 1.66. The van der Waals surface area contributed by atoms with Gasteiger partial charge in [-0.25, -0.2) is 4.98 Å². The van der Waals surface area contributed by atoms with E-state index in [-0.39, 0.29) is 0 Å². The first-order valence-electron chi connectivity index (χ1n) is 6.60. The van der Waals surface area contributed by atoms with Crippen LogP contribution in [0.5, 0.6) is 0 Å². The normalized spacial score (nSPS) is 10.9. The summed E-state index contributed by atoms with van der Waals surface area (Å²) in [4.78, 5) is 6.86. The molecule has 3 heteroatoms. The molecule has 1 rings (SSSR count). The van der Waals surface area contributed by atoms with E-state index in [1.54, 1.807) is 0 Å². The van der Waals surface area contributed by atoms with Crippen LogP contribution in [-0.2, 0) is 0 Å². The number of aromatic nitrogens is 1. The fourth-order valence-electron chi connectivity index (χ4n) is 2.03. The van der Waals surface area contributed by atoms with Crippen LogP contribution in [0, 0.1) is 12.8 Å². The van der Waals surface area contributed by atoms with E-state index >= 15 is 0 Å². The number of hydrogen-bond acceptors (Lipinski definition) is 3. The quantitative estimate of drug-likeness (QED) is 0.823. The van der Waals surface area contributed by atoms with Crippen molar-refractivity contribution in [1.82, 2.24) is 4.98 Å². The Labute approximate surface area is 105 Å². The minimum atomic E-state index is 0.719. The number of pyridine rings is 1. The van der Waals surface area contributed by atoms with E-state index in [0.29, 0.717) is 0 Å². The van der Waals surface area contributed by atoms with Crippen LogP contribution in [0.3, 0.4) is 0 Å². The summed E-state index contributed by atoms with van der Waals surface area (Å²) in [7, 11) is 0. The molecule has 0 aromatic carbocycles. The second kappa shape index (κ2) is 6.48. The predicted octanol–water partition coefficient (Wildman–Crippen LogP) is 3.23. The Morgan fingerprint density at radius 2 is 1.88 bits per heavy atom. The molecule has 96 valence electrons. The summed E-state index contributed by atoms with van der Waals surface area (Å²) in [6.45, 7) is 10.7. The number of rotatable bonds is 6. The maximum absolute atomic E-state index is 6.02. The predicted molar refractivity (Wildman–Crippen MR) is 75.3 cm³/mol. The first-order valence-corrected chi connectivity index (χ1v) is 6.60. The second-order valence-corrected chi connectivity index (χ2v) is 4.59. The summed E-state index contributed by atoms with van der Waals surface area (Å²) >= 11 is 0. The van der Waals surface area contributed by atoms with Crippen LogP contribution in [-0.4, -0.2) is 18.1 Å². The second-order valence-electron chi connectivity index (χ2n) is 4.59. The lowest BCUT2D eigenvalue weighted by molar-refractivity contribution is 0.484. The van der Waals surface area contributed by atoms with E-state index in [1.165, 1.54) is 12.8 Å². The smallest absolute Gasteiger partial charge is 0.152 e. The van der Waals surface area contributed by atoms with Gasteiger partial charge in [0, 0.05) is 18.8 Å². The van der Waals surface area contributed by atoms with Gasteiger partial charge in [-0.3, -0.25) is 0 Å². The lowest BCUT2D eigenvalue weighted by Crippen LogP contribution is -2.30. The molecule has 3 nitrogen and oxygen atoms in total. The monoisotopic (exact) mass is 235 g/mol. The molecule has 0 saturated heterocycles. The maximum atomic E-state index is 6.02. The SMILES string of the molecule is CCC(CC)CN(CC)c1nc(C)ccc1N. The Bertz CT molecular complexity index is 345. The summed E-state index contributed by atoms with van der Waals surface area (Å²) in [5.41, 5.74) is 7.83. The molecule has 0 amide bonds. The fourth-order valence-corrected chi connectivity index (χ4v) is 2.03. The van der Waals surface area contributed by atoms with E-state index < -0.39 is 0 Å². The molecule has 1 aromatic rings. The molecule has 0 aliphatic rings. The molecule has 2 N–H and O–H groups in total. The molecule has 0 saturated carbocycles.